The van der Waals surface area contributed by atoms with Gasteiger partial charge in [-0.2, -0.15) is 18.4 Å². The van der Waals surface area contributed by atoms with Gasteiger partial charge < -0.3 is 0 Å². The molecule has 0 bridgehead atoms. The molecule has 0 aromatic carbocycles. The topological polar surface area (TPSA) is 36.7 Å². The van der Waals surface area contributed by atoms with E-state index in [4.69, 9.17) is 11.7 Å². The average Bonchev–Trinajstić information content (AvgIpc) is 2.56. The highest BCUT2D eigenvalue weighted by atomic mass is 32.2. The van der Waals surface area contributed by atoms with E-state index in [0.29, 0.717) is 9.96 Å². The first-order valence-electron chi connectivity index (χ1n) is 3.60. The maximum absolute atomic E-state index is 12.1. The summed E-state index contributed by atoms with van der Waals surface area (Å²) in [5.41, 5.74) is 0.200. The van der Waals surface area contributed by atoms with Crippen LogP contribution in [0.2, 0.25) is 0 Å². The molecule has 0 spiro atoms. The summed E-state index contributed by atoms with van der Waals surface area (Å²) in [7, 11) is 0. The summed E-state index contributed by atoms with van der Waals surface area (Å²) >= 11 is 2.56. The molecule has 0 aliphatic rings. The fraction of sp³-hybridized carbons (Fsp3) is 0.250. The second-order valence-corrected chi connectivity index (χ2v) is 5.13. The van der Waals surface area contributed by atoms with E-state index in [2.05, 4.69) is 10.3 Å². The number of aromatic nitrogens is 1. The van der Waals surface area contributed by atoms with E-state index >= 15 is 0 Å². The summed E-state index contributed by atoms with van der Waals surface area (Å²) in [5, 5.41) is 8.87. The predicted molar refractivity (Wildman–Crippen MR) is 58.2 cm³/mol. The molecule has 0 N–H and O–H groups in total. The minimum Gasteiger partial charge on any atom is -0.198 e. The quantitative estimate of drug-likeness (QED) is 0.617. The van der Waals surface area contributed by atoms with E-state index in [1.165, 1.54) is 11.8 Å². The number of hydrogen-bond acceptors (Lipinski definition) is 5. The first kappa shape index (κ1) is 12.3. The molecular weight excluding hydrogens is 258 g/mol. The van der Waals surface area contributed by atoms with Gasteiger partial charge in [0.05, 0.1) is 5.75 Å². The second-order valence-electron chi connectivity index (χ2n) is 2.13. The maximum atomic E-state index is 12.1. The molecule has 1 rings (SSSR count). The fourth-order valence-electron chi connectivity index (χ4n) is 0.726. The standard InChI is InChI=1S/C8H4F2N2S3/c1-2-3-13-7-5(4-11)6(12-15-7)14-8(9)10/h1,8H,3H2. The van der Waals surface area contributed by atoms with Crippen LogP contribution in [0, 0.1) is 23.7 Å². The van der Waals surface area contributed by atoms with Crippen LogP contribution >= 0.6 is 35.1 Å². The zero-order chi connectivity index (χ0) is 11.3. The predicted octanol–water partition coefficient (Wildman–Crippen LogP) is 3.05. The lowest BCUT2D eigenvalue weighted by Crippen LogP contribution is -1.84. The molecule has 15 heavy (non-hydrogen) atoms. The highest BCUT2D eigenvalue weighted by Gasteiger charge is 2.17. The number of alkyl halides is 2. The Bertz CT molecular complexity index is 417. The molecule has 78 valence electrons. The molecule has 7 heteroatoms. The Morgan fingerprint density at radius 2 is 2.33 bits per heavy atom. The van der Waals surface area contributed by atoms with E-state index in [1.807, 2.05) is 6.07 Å². The molecule has 0 aliphatic carbocycles. The van der Waals surface area contributed by atoms with Gasteiger partial charge in [0.1, 0.15) is 20.9 Å². The normalized spacial score (nSPS) is 9.93. The molecule has 1 heterocycles. The van der Waals surface area contributed by atoms with Gasteiger partial charge in [-0.3, -0.25) is 0 Å². The van der Waals surface area contributed by atoms with Crippen molar-refractivity contribution >= 4 is 35.1 Å². The number of hydrogen-bond donors (Lipinski definition) is 0. The third-order valence-electron chi connectivity index (χ3n) is 1.23. The Hall–Kier alpha value is -0.760. The van der Waals surface area contributed by atoms with Crippen LogP contribution in [0.1, 0.15) is 5.56 Å². The van der Waals surface area contributed by atoms with Gasteiger partial charge in [-0.15, -0.1) is 6.42 Å². The molecule has 1 aromatic heterocycles. The van der Waals surface area contributed by atoms with Crippen LogP contribution in [0.5, 0.6) is 0 Å². The van der Waals surface area contributed by atoms with Crippen LogP contribution in [-0.2, 0) is 0 Å². The Morgan fingerprint density at radius 3 is 2.87 bits per heavy atom. The van der Waals surface area contributed by atoms with E-state index < -0.39 is 5.76 Å². The lowest BCUT2D eigenvalue weighted by Gasteiger charge is -1.95. The molecule has 0 fully saturated rings. The number of rotatable bonds is 4. The smallest absolute Gasteiger partial charge is 0.198 e. The van der Waals surface area contributed by atoms with Gasteiger partial charge in [-0.1, -0.05) is 17.7 Å². The van der Waals surface area contributed by atoms with E-state index in [9.17, 15) is 8.78 Å². The zero-order valence-electron chi connectivity index (χ0n) is 7.24. The van der Waals surface area contributed by atoms with Crippen molar-refractivity contribution < 1.29 is 8.78 Å². The van der Waals surface area contributed by atoms with E-state index in [1.54, 1.807) is 0 Å². The van der Waals surface area contributed by atoms with Crippen LogP contribution in [0.4, 0.5) is 8.78 Å². The Labute approximate surface area is 98.2 Å². The van der Waals surface area contributed by atoms with Crippen molar-refractivity contribution in [1.29, 1.82) is 5.26 Å². The molecular formula is C8H4F2N2S3. The van der Waals surface area contributed by atoms with Gasteiger partial charge >= 0.3 is 0 Å². The maximum Gasteiger partial charge on any atom is 0.290 e. The first-order valence-corrected chi connectivity index (χ1v) is 6.23. The summed E-state index contributed by atoms with van der Waals surface area (Å²) in [4.78, 5) is 0. The van der Waals surface area contributed by atoms with Gasteiger partial charge in [0.15, 0.2) is 0 Å². The first-order chi connectivity index (χ1) is 7.19. The van der Waals surface area contributed by atoms with Crippen LogP contribution in [-0.4, -0.2) is 15.9 Å². The fourth-order valence-corrected chi connectivity index (χ4v) is 3.06. The molecule has 1 aromatic rings. The van der Waals surface area contributed by atoms with Gasteiger partial charge in [-0.25, -0.2) is 0 Å². The summed E-state index contributed by atoms with van der Waals surface area (Å²) in [6.45, 7) is 0. The van der Waals surface area contributed by atoms with Crippen molar-refractivity contribution in [2.45, 2.75) is 15.0 Å². The molecule has 0 amide bonds. The van der Waals surface area contributed by atoms with Crippen molar-refractivity contribution in [1.82, 2.24) is 4.37 Å². The summed E-state index contributed by atoms with van der Waals surface area (Å²) in [6.07, 6.45) is 5.06. The third kappa shape index (κ3) is 3.38. The lowest BCUT2D eigenvalue weighted by atomic mass is 10.4. The average molecular weight is 262 g/mol. The van der Waals surface area contributed by atoms with Gasteiger partial charge in [-0.05, 0) is 23.3 Å². The Kier molecular flexibility index (Phi) is 4.89. The molecule has 0 saturated heterocycles. The van der Waals surface area contributed by atoms with Crippen LogP contribution < -0.4 is 0 Å². The van der Waals surface area contributed by atoms with Crippen molar-refractivity contribution in [2.24, 2.45) is 0 Å². The van der Waals surface area contributed by atoms with Crippen molar-refractivity contribution in [3.63, 3.8) is 0 Å². The molecule has 0 atom stereocenters. The largest absolute Gasteiger partial charge is 0.290 e. The minimum atomic E-state index is -2.57. The number of nitriles is 1. The number of halogens is 2. The van der Waals surface area contributed by atoms with Gasteiger partial charge in [0, 0.05) is 0 Å². The SMILES string of the molecule is C#CCSc1snc(SC(F)F)c1C#N. The summed E-state index contributed by atoms with van der Waals surface area (Å²) in [6, 6.07) is 1.86. The minimum absolute atomic E-state index is 0.0806. The molecule has 0 saturated carbocycles. The Morgan fingerprint density at radius 1 is 1.60 bits per heavy atom. The summed E-state index contributed by atoms with van der Waals surface area (Å²) < 4.78 is 28.5. The molecule has 0 unspecified atom stereocenters. The zero-order valence-corrected chi connectivity index (χ0v) is 9.69. The summed E-state index contributed by atoms with van der Waals surface area (Å²) in [5.74, 6) is 0.228. The number of terminal acetylenes is 1. The molecule has 0 aliphatic heterocycles. The van der Waals surface area contributed by atoms with Crippen LogP contribution in [0.15, 0.2) is 9.24 Å². The highest BCUT2D eigenvalue weighted by Crippen LogP contribution is 2.36. The van der Waals surface area contributed by atoms with E-state index in [-0.39, 0.29) is 22.4 Å². The van der Waals surface area contributed by atoms with Crippen molar-refractivity contribution in [3.8, 4) is 18.4 Å². The number of nitrogens with zero attached hydrogens (tertiary/aromatic N) is 2. The molecule has 2 nitrogen and oxygen atoms in total. The molecule has 0 radical (unpaired) electrons. The monoisotopic (exact) mass is 262 g/mol. The van der Waals surface area contributed by atoms with Crippen molar-refractivity contribution in [2.75, 3.05) is 5.75 Å². The van der Waals surface area contributed by atoms with E-state index in [0.717, 1.165) is 11.5 Å². The van der Waals surface area contributed by atoms with Gasteiger partial charge in [0.25, 0.3) is 5.76 Å². The van der Waals surface area contributed by atoms with Crippen LogP contribution in [0.25, 0.3) is 0 Å². The Balaban J connectivity index is 2.87. The lowest BCUT2D eigenvalue weighted by molar-refractivity contribution is 0.252. The van der Waals surface area contributed by atoms with Crippen LogP contribution in [0.3, 0.4) is 0 Å². The van der Waals surface area contributed by atoms with Gasteiger partial charge in [0.2, 0.25) is 0 Å². The number of thioether (sulfide) groups is 2. The highest BCUT2D eigenvalue weighted by molar-refractivity contribution is 8.01. The second kappa shape index (κ2) is 5.96. The third-order valence-corrected chi connectivity index (χ3v) is 4.04. The van der Waals surface area contributed by atoms with Crippen molar-refractivity contribution in [3.05, 3.63) is 5.56 Å².